The van der Waals surface area contributed by atoms with Crippen molar-refractivity contribution in [1.82, 2.24) is 14.7 Å². The van der Waals surface area contributed by atoms with Crippen molar-refractivity contribution in [2.75, 3.05) is 20.8 Å². The van der Waals surface area contributed by atoms with Crippen molar-refractivity contribution in [2.24, 2.45) is 0 Å². The van der Waals surface area contributed by atoms with Gasteiger partial charge in [-0.2, -0.15) is 0 Å². The van der Waals surface area contributed by atoms with E-state index in [1.165, 1.54) is 14.2 Å². The van der Waals surface area contributed by atoms with Gasteiger partial charge in [-0.25, -0.2) is 0 Å². The molecule has 0 saturated heterocycles. The first-order chi connectivity index (χ1) is 18.1. The van der Waals surface area contributed by atoms with E-state index >= 15 is 0 Å². The molecule has 184 valence electrons. The molecule has 0 aliphatic carbocycles. The number of fused-ring (bicyclic) bond motifs is 5. The minimum atomic E-state index is -0.222. The van der Waals surface area contributed by atoms with Crippen LogP contribution in [-0.2, 0) is 11.3 Å². The van der Waals surface area contributed by atoms with Crippen LogP contribution in [0.2, 0.25) is 0 Å². The highest BCUT2D eigenvalue weighted by molar-refractivity contribution is 6.19. The molecule has 0 spiro atoms. The molecule has 0 radical (unpaired) electrons. The van der Waals surface area contributed by atoms with Gasteiger partial charge in [-0.05, 0) is 42.0 Å². The third-order valence-corrected chi connectivity index (χ3v) is 6.57. The second-order valence-corrected chi connectivity index (χ2v) is 8.65. The third-order valence-electron chi connectivity index (χ3n) is 6.57. The summed E-state index contributed by atoms with van der Waals surface area (Å²) in [6.45, 7) is 0.313. The molecule has 0 bridgehead atoms. The number of hydrogen-bond donors (Lipinski definition) is 1. The molecule has 0 atom stereocenters. The van der Waals surface area contributed by atoms with E-state index in [0.29, 0.717) is 45.6 Å². The second-order valence-electron chi connectivity index (χ2n) is 8.65. The van der Waals surface area contributed by atoms with Gasteiger partial charge in [0.15, 0.2) is 18.1 Å². The summed E-state index contributed by atoms with van der Waals surface area (Å²) in [6.07, 6.45) is 1.72. The van der Waals surface area contributed by atoms with E-state index < -0.39 is 0 Å². The Morgan fingerprint density at radius 2 is 1.78 bits per heavy atom. The Morgan fingerprint density at radius 1 is 0.946 bits per heavy atom. The average molecular weight is 494 g/mol. The molecule has 8 heteroatoms. The summed E-state index contributed by atoms with van der Waals surface area (Å²) in [5.41, 5.74) is 2.91. The number of methoxy groups -OCH3 is 2. The summed E-state index contributed by atoms with van der Waals surface area (Å²) in [5.74, 6) is 1.16. The zero-order valence-corrected chi connectivity index (χ0v) is 20.3. The largest absolute Gasteiger partial charge is 0.493 e. The lowest BCUT2D eigenvalue weighted by atomic mass is 10.1. The van der Waals surface area contributed by atoms with Gasteiger partial charge in [0.05, 0.1) is 36.2 Å². The highest BCUT2D eigenvalue weighted by atomic mass is 16.5. The van der Waals surface area contributed by atoms with Gasteiger partial charge >= 0.3 is 0 Å². The van der Waals surface area contributed by atoms with Crippen LogP contribution in [0.15, 0.2) is 77.7 Å². The first kappa shape index (κ1) is 22.6. The van der Waals surface area contributed by atoms with Crippen LogP contribution in [0.5, 0.6) is 17.2 Å². The molecule has 6 aromatic rings. The van der Waals surface area contributed by atoms with E-state index in [0.717, 1.165) is 21.9 Å². The van der Waals surface area contributed by atoms with Crippen molar-refractivity contribution in [3.8, 4) is 17.2 Å². The number of carbonyl (C=O) groups is 1. The molecule has 0 aliphatic heterocycles. The van der Waals surface area contributed by atoms with Crippen LogP contribution in [0.1, 0.15) is 5.56 Å². The quantitative estimate of drug-likeness (QED) is 0.334. The van der Waals surface area contributed by atoms with E-state index in [1.54, 1.807) is 22.7 Å². The van der Waals surface area contributed by atoms with Gasteiger partial charge in [0, 0.05) is 28.9 Å². The van der Waals surface area contributed by atoms with E-state index in [-0.39, 0.29) is 18.1 Å². The average Bonchev–Trinajstić information content (AvgIpc) is 3.28. The Hall–Kier alpha value is -4.85. The molecule has 0 unspecified atom stereocenters. The fraction of sp³-hybridized carbons (Fsp3) is 0.138. The molecule has 0 aliphatic rings. The standard InChI is InChI=1S/C29H23N3O5/c1-35-23-11-9-20-25(28(23)36-2)29(34)32-22-10-8-18(14-21(22)19-12-13-30-26(20)27(19)32)37-16-24(33)31-15-17-6-4-3-5-7-17/h3-14H,15-16H2,1-2H3,(H,31,33). The van der Waals surface area contributed by atoms with Crippen LogP contribution in [0.25, 0.3) is 38.1 Å². The highest BCUT2D eigenvalue weighted by Crippen LogP contribution is 2.39. The number of ether oxygens (including phenoxy) is 3. The van der Waals surface area contributed by atoms with Gasteiger partial charge in [0.2, 0.25) is 0 Å². The molecule has 8 nitrogen and oxygen atoms in total. The number of amides is 1. The van der Waals surface area contributed by atoms with Gasteiger partial charge in [0.1, 0.15) is 5.75 Å². The van der Waals surface area contributed by atoms with E-state index in [9.17, 15) is 9.59 Å². The molecule has 3 aromatic carbocycles. The van der Waals surface area contributed by atoms with Crippen LogP contribution in [0.4, 0.5) is 0 Å². The third kappa shape index (κ3) is 3.65. The lowest BCUT2D eigenvalue weighted by Gasteiger charge is -2.12. The number of hydrogen-bond acceptors (Lipinski definition) is 6. The number of pyridine rings is 2. The van der Waals surface area contributed by atoms with Gasteiger partial charge in [-0.15, -0.1) is 0 Å². The second kappa shape index (κ2) is 8.98. The van der Waals surface area contributed by atoms with Crippen molar-refractivity contribution >= 4 is 44.0 Å². The predicted molar refractivity (Wildman–Crippen MR) is 142 cm³/mol. The van der Waals surface area contributed by atoms with Crippen molar-refractivity contribution in [3.63, 3.8) is 0 Å². The Balaban J connectivity index is 1.41. The summed E-state index contributed by atoms with van der Waals surface area (Å²) in [4.78, 5) is 30.8. The molecule has 1 N–H and O–H groups in total. The fourth-order valence-electron chi connectivity index (χ4n) is 4.89. The number of rotatable bonds is 7. The normalized spacial score (nSPS) is 11.4. The number of aromatic nitrogens is 2. The summed E-state index contributed by atoms with van der Waals surface area (Å²) in [6, 6.07) is 20.6. The predicted octanol–water partition coefficient (Wildman–Crippen LogP) is 4.30. The Labute approximate surface area is 211 Å². The van der Waals surface area contributed by atoms with Crippen molar-refractivity contribution in [2.45, 2.75) is 6.54 Å². The Kier molecular flexibility index (Phi) is 5.49. The number of benzene rings is 3. The first-order valence-electron chi connectivity index (χ1n) is 11.8. The molecule has 3 heterocycles. The Bertz CT molecular complexity index is 1850. The van der Waals surface area contributed by atoms with Crippen LogP contribution < -0.4 is 25.1 Å². The summed E-state index contributed by atoms with van der Waals surface area (Å²) < 4.78 is 18.5. The van der Waals surface area contributed by atoms with Crippen molar-refractivity contribution < 1.29 is 19.0 Å². The minimum Gasteiger partial charge on any atom is -0.493 e. The molecular formula is C29H23N3O5. The smallest absolute Gasteiger partial charge is 0.267 e. The van der Waals surface area contributed by atoms with Gasteiger partial charge in [-0.1, -0.05) is 30.3 Å². The summed E-state index contributed by atoms with van der Waals surface area (Å²) in [7, 11) is 3.05. The van der Waals surface area contributed by atoms with E-state index in [4.69, 9.17) is 14.2 Å². The van der Waals surface area contributed by atoms with Gasteiger partial charge < -0.3 is 19.5 Å². The van der Waals surface area contributed by atoms with E-state index in [1.807, 2.05) is 54.6 Å². The lowest BCUT2D eigenvalue weighted by molar-refractivity contribution is -0.123. The molecule has 3 aromatic heterocycles. The van der Waals surface area contributed by atoms with Crippen molar-refractivity contribution in [1.29, 1.82) is 0 Å². The van der Waals surface area contributed by atoms with Gasteiger partial charge in [0.25, 0.3) is 11.5 Å². The monoisotopic (exact) mass is 493 g/mol. The topological polar surface area (TPSA) is 91.2 Å². The molecule has 1 amide bonds. The van der Waals surface area contributed by atoms with Crippen LogP contribution in [-0.4, -0.2) is 36.1 Å². The minimum absolute atomic E-state index is 0.120. The maximum absolute atomic E-state index is 13.8. The van der Waals surface area contributed by atoms with Crippen LogP contribution >= 0.6 is 0 Å². The Morgan fingerprint density at radius 3 is 2.57 bits per heavy atom. The number of nitrogens with one attached hydrogen (secondary N) is 1. The SMILES string of the molecule is COc1ccc2c(c1OC)c(=O)n1c3ccc(OCC(=O)NCc4ccccc4)cc3c3ccnc2c31. The molecule has 0 fully saturated rings. The van der Waals surface area contributed by atoms with Crippen LogP contribution in [0.3, 0.4) is 0 Å². The highest BCUT2D eigenvalue weighted by Gasteiger charge is 2.22. The first-order valence-corrected chi connectivity index (χ1v) is 11.8. The van der Waals surface area contributed by atoms with Crippen LogP contribution in [0, 0.1) is 0 Å². The maximum Gasteiger partial charge on any atom is 0.267 e. The fourth-order valence-corrected chi connectivity index (χ4v) is 4.89. The lowest BCUT2D eigenvalue weighted by Crippen LogP contribution is -2.28. The number of nitrogens with zero attached hydrogens (tertiary/aromatic N) is 2. The number of carbonyl (C=O) groups excluding carboxylic acids is 1. The van der Waals surface area contributed by atoms with E-state index in [2.05, 4.69) is 10.3 Å². The maximum atomic E-state index is 13.8. The molecule has 37 heavy (non-hydrogen) atoms. The zero-order chi connectivity index (χ0) is 25.5. The molecular weight excluding hydrogens is 470 g/mol. The zero-order valence-electron chi connectivity index (χ0n) is 20.3. The molecule has 6 rings (SSSR count). The summed E-state index contributed by atoms with van der Waals surface area (Å²) in [5, 5.41) is 5.65. The summed E-state index contributed by atoms with van der Waals surface area (Å²) >= 11 is 0. The van der Waals surface area contributed by atoms with Crippen molar-refractivity contribution in [3.05, 3.63) is 88.8 Å². The molecule has 0 saturated carbocycles. The van der Waals surface area contributed by atoms with Gasteiger partial charge in [-0.3, -0.25) is 19.0 Å².